The number of carbonyl (C=O) groups is 1. The van der Waals surface area contributed by atoms with Gasteiger partial charge in [0.05, 0.1) is 18.9 Å². The number of likely N-dealkylation sites (tertiary alicyclic amines) is 1. The lowest BCUT2D eigenvalue weighted by Gasteiger charge is -2.39. The number of hydrogen-bond donors (Lipinski definition) is 3. The second-order valence-electron chi connectivity index (χ2n) is 7.33. The van der Waals surface area contributed by atoms with Crippen molar-refractivity contribution < 1.29 is 9.90 Å². The molecule has 30 heavy (non-hydrogen) atoms. The number of phenolic OH excluding ortho intramolecular Hbond substituents is 1. The summed E-state index contributed by atoms with van der Waals surface area (Å²) < 4.78 is 2.18. The molecule has 1 saturated heterocycles. The standard InChI is InChI=1S/C21H30N6O2.HI/c1-3-23-21(25-10-9-24-20(29)17-4-6-18(28)7-5-17)26-12-8-16(2)19(14-26)27-13-11-22-15-27;/h4-7,11,13,15-16,19,28H,3,8-10,12,14H2,1-2H3,(H,23,25)(H,24,29);1H. The number of amides is 1. The highest BCUT2D eigenvalue weighted by molar-refractivity contribution is 14.0. The van der Waals surface area contributed by atoms with Crippen molar-refractivity contribution in [2.75, 3.05) is 32.7 Å². The lowest BCUT2D eigenvalue weighted by molar-refractivity contribution is 0.0954. The molecule has 2 aromatic rings. The minimum absolute atomic E-state index is 0. The molecular weight excluding hydrogens is 495 g/mol. The summed E-state index contributed by atoms with van der Waals surface area (Å²) in [6.07, 6.45) is 6.81. The van der Waals surface area contributed by atoms with Crippen molar-refractivity contribution in [3.63, 3.8) is 0 Å². The number of rotatable bonds is 6. The van der Waals surface area contributed by atoms with Crippen LogP contribution in [0.3, 0.4) is 0 Å². The zero-order chi connectivity index (χ0) is 20.6. The van der Waals surface area contributed by atoms with Crippen LogP contribution in [0.2, 0.25) is 0 Å². The molecule has 2 atom stereocenters. The highest BCUT2D eigenvalue weighted by Crippen LogP contribution is 2.27. The first-order valence-electron chi connectivity index (χ1n) is 10.2. The fraction of sp³-hybridized carbons (Fsp3) is 0.476. The van der Waals surface area contributed by atoms with Gasteiger partial charge in [0.25, 0.3) is 5.91 Å². The lowest BCUT2D eigenvalue weighted by Crippen LogP contribution is -2.49. The molecule has 3 N–H and O–H groups in total. The Morgan fingerprint density at radius 3 is 2.73 bits per heavy atom. The molecule has 0 spiro atoms. The van der Waals surface area contributed by atoms with Gasteiger partial charge in [-0.3, -0.25) is 9.79 Å². The van der Waals surface area contributed by atoms with Crippen molar-refractivity contribution in [3.05, 3.63) is 48.5 Å². The number of aromatic nitrogens is 2. The van der Waals surface area contributed by atoms with Gasteiger partial charge in [0.1, 0.15) is 5.75 Å². The van der Waals surface area contributed by atoms with E-state index in [0.717, 1.165) is 32.0 Å². The summed E-state index contributed by atoms with van der Waals surface area (Å²) in [6, 6.07) is 6.57. The molecule has 0 aliphatic carbocycles. The van der Waals surface area contributed by atoms with Crippen molar-refractivity contribution in [2.24, 2.45) is 10.9 Å². The van der Waals surface area contributed by atoms with E-state index in [2.05, 4.69) is 38.9 Å². The number of phenols is 1. The Morgan fingerprint density at radius 1 is 1.30 bits per heavy atom. The first kappa shape index (κ1) is 24.0. The van der Waals surface area contributed by atoms with Crippen molar-refractivity contribution in [2.45, 2.75) is 26.3 Å². The van der Waals surface area contributed by atoms with Crippen LogP contribution in [0, 0.1) is 5.92 Å². The molecule has 1 aliphatic heterocycles. The molecule has 9 heteroatoms. The number of piperidine rings is 1. The van der Waals surface area contributed by atoms with Crippen molar-refractivity contribution in [1.82, 2.24) is 25.1 Å². The van der Waals surface area contributed by atoms with E-state index in [9.17, 15) is 9.90 Å². The van der Waals surface area contributed by atoms with Gasteiger partial charge < -0.3 is 25.2 Å². The Hall–Kier alpha value is -2.30. The summed E-state index contributed by atoms with van der Waals surface area (Å²) in [4.78, 5) is 23.3. The van der Waals surface area contributed by atoms with E-state index in [1.54, 1.807) is 12.1 Å². The molecule has 0 bridgehead atoms. The zero-order valence-electron chi connectivity index (χ0n) is 17.5. The van der Waals surface area contributed by atoms with Gasteiger partial charge in [-0.1, -0.05) is 6.92 Å². The monoisotopic (exact) mass is 526 g/mol. The number of guanidine groups is 1. The lowest BCUT2D eigenvalue weighted by atomic mass is 9.93. The molecule has 8 nitrogen and oxygen atoms in total. The fourth-order valence-electron chi connectivity index (χ4n) is 3.57. The maximum absolute atomic E-state index is 12.2. The largest absolute Gasteiger partial charge is 0.508 e. The van der Waals surface area contributed by atoms with Crippen LogP contribution in [0.1, 0.15) is 36.7 Å². The molecule has 1 aromatic heterocycles. The van der Waals surface area contributed by atoms with E-state index in [4.69, 9.17) is 4.99 Å². The molecule has 1 amide bonds. The number of hydrogen-bond acceptors (Lipinski definition) is 4. The van der Waals surface area contributed by atoms with E-state index < -0.39 is 0 Å². The van der Waals surface area contributed by atoms with Crippen LogP contribution < -0.4 is 10.6 Å². The molecule has 0 saturated carbocycles. The zero-order valence-corrected chi connectivity index (χ0v) is 19.8. The number of imidazole rings is 1. The van der Waals surface area contributed by atoms with Gasteiger partial charge >= 0.3 is 0 Å². The van der Waals surface area contributed by atoms with Crippen molar-refractivity contribution >= 4 is 35.8 Å². The Balaban J connectivity index is 0.00000320. The highest BCUT2D eigenvalue weighted by Gasteiger charge is 2.28. The van der Waals surface area contributed by atoms with E-state index >= 15 is 0 Å². The Morgan fingerprint density at radius 2 is 2.07 bits per heavy atom. The third-order valence-corrected chi connectivity index (χ3v) is 5.25. The van der Waals surface area contributed by atoms with Crippen molar-refractivity contribution in [3.8, 4) is 5.75 Å². The number of benzene rings is 1. The van der Waals surface area contributed by atoms with Gasteiger partial charge in [-0.15, -0.1) is 24.0 Å². The fourth-order valence-corrected chi connectivity index (χ4v) is 3.57. The van der Waals surface area contributed by atoms with Gasteiger partial charge in [-0.05, 0) is 43.5 Å². The Kier molecular flexibility index (Phi) is 9.41. The molecular formula is C21H31IN6O2. The maximum atomic E-state index is 12.2. The van der Waals surface area contributed by atoms with Gasteiger partial charge in [0.2, 0.25) is 0 Å². The Bertz CT molecular complexity index is 809. The third kappa shape index (κ3) is 6.35. The van der Waals surface area contributed by atoms with Crippen LogP contribution in [-0.4, -0.2) is 64.1 Å². The Labute approximate surface area is 194 Å². The summed E-state index contributed by atoms with van der Waals surface area (Å²) in [5.41, 5.74) is 0.520. The van der Waals surface area contributed by atoms with Gasteiger partial charge in [-0.25, -0.2) is 4.98 Å². The first-order valence-corrected chi connectivity index (χ1v) is 10.2. The highest BCUT2D eigenvalue weighted by atomic mass is 127. The molecule has 3 rings (SSSR count). The van der Waals surface area contributed by atoms with E-state index in [1.807, 2.05) is 18.7 Å². The number of nitrogens with one attached hydrogen (secondary N) is 2. The summed E-state index contributed by atoms with van der Waals surface area (Å²) in [5, 5.41) is 15.6. The number of halogens is 1. The maximum Gasteiger partial charge on any atom is 0.251 e. The summed E-state index contributed by atoms with van der Waals surface area (Å²) in [7, 11) is 0. The summed E-state index contributed by atoms with van der Waals surface area (Å²) >= 11 is 0. The topological polar surface area (TPSA) is 94.8 Å². The minimum Gasteiger partial charge on any atom is -0.508 e. The van der Waals surface area contributed by atoms with Crippen LogP contribution in [-0.2, 0) is 0 Å². The normalized spacial score (nSPS) is 19.1. The second-order valence-corrected chi connectivity index (χ2v) is 7.33. The number of aliphatic imine (C=N–C) groups is 1. The average molecular weight is 526 g/mol. The van der Waals surface area contributed by atoms with Crippen molar-refractivity contribution in [1.29, 1.82) is 0 Å². The van der Waals surface area contributed by atoms with E-state index in [1.165, 1.54) is 12.1 Å². The molecule has 2 unspecified atom stereocenters. The predicted molar refractivity (Wildman–Crippen MR) is 128 cm³/mol. The quantitative estimate of drug-likeness (QED) is 0.233. The second kappa shape index (κ2) is 11.8. The van der Waals surface area contributed by atoms with Crippen LogP contribution in [0.15, 0.2) is 48.0 Å². The summed E-state index contributed by atoms with van der Waals surface area (Å²) in [6.45, 7) is 7.91. The van der Waals surface area contributed by atoms with E-state index in [0.29, 0.717) is 30.6 Å². The average Bonchev–Trinajstić information content (AvgIpc) is 3.26. The van der Waals surface area contributed by atoms with Crippen LogP contribution in [0.5, 0.6) is 5.75 Å². The molecule has 164 valence electrons. The van der Waals surface area contributed by atoms with Crippen LogP contribution in [0.4, 0.5) is 0 Å². The van der Waals surface area contributed by atoms with Gasteiger partial charge in [0, 0.05) is 44.1 Å². The van der Waals surface area contributed by atoms with Gasteiger partial charge in [-0.2, -0.15) is 0 Å². The number of aromatic hydroxyl groups is 1. The van der Waals surface area contributed by atoms with Crippen LogP contribution >= 0.6 is 24.0 Å². The molecule has 1 aromatic carbocycles. The summed E-state index contributed by atoms with van der Waals surface area (Å²) in [5.74, 6) is 1.43. The first-order chi connectivity index (χ1) is 14.1. The predicted octanol–water partition coefficient (Wildman–Crippen LogP) is 2.49. The van der Waals surface area contributed by atoms with Crippen LogP contribution in [0.25, 0.3) is 0 Å². The molecule has 1 fully saturated rings. The molecule has 1 aliphatic rings. The molecule has 0 radical (unpaired) electrons. The van der Waals surface area contributed by atoms with Gasteiger partial charge in [0.15, 0.2) is 5.96 Å². The minimum atomic E-state index is -0.169. The smallest absolute Gasteiger partial charge is 0.251 e. The number of nitrogens with zero attached hydrogens (tertiary/aromatic N) is 4. The SMILES string of the molecule is CCNC(=NCCNC(=O)c1ccc(O)cc1)N1CCC(C)C(n2ccnc2)C1.I. The number of carbonyl (C=O) groups excluding carboxylic acids is 1. The molecule has 2 heterocycles. The van der Waals surface area contributed by atoms with E-state index in [-0.39, 0.29) is 35.6 Å². The third-order valence-electron chi connectivity index (χ3n) is 5.25.